The molecule has 0 radical (unpaired) electrons. The first-order chi connectivity index (χ1) is 22.2. The quantitative estimate of drug-likeness (QED) is 0.132. The second-order valence-corrected chi connectivity index (χ2v) is 17.7. The minimum Gasteiger partial charge on any atom is -0.460 e. The predicted molar refractivity (Wildman–Crippen MR) is 178 cm³/mol. The van der Waals surface area contributed by atoms with Crippen molar-refractivity contribution in [2.75, 3.05) is 6.54 Å². The summed E-state index contributed by atoms with van der Waals surface area (Å²) in [5.41, 5.74) is 4.41. The number of amides is 5. The van der Waals surface area contributed by atoms with E-state index in [0.29, 0.717) is 18.3 Å². The predicted octanol–water partition coefficient (Wildman–Crippen LogP) is 2.98. The number of nitrogens with one attached hydrogen (secondary N) is 3. The molecule has 12 nitrogen and oxygen atoms in total. The van der Waals surface area contributed by atoms with Crippen molar-refractivity contribution in [3.8, 4) is 0 Å². The van der Waals surface area contributed by atoms with Crippen LogP contribution in [0.1, 0.15) is 100 Å². The first kappa shape index (κ1) is 35.9. The van der Waals surface area contributed by atoms with E-state index in [4.69, 9.17) is 10.5 Å². The summed E-state index contributed by atoms with van der Waals surface area (Å²) in [5, 5.41) is 8.42. The molecule has 5 atom stereocenters. The molecule has 0 aromatic heterocycles. The number of ether oxygens (including phenoxy) is 1. The average Bonchev–Trinajstić information content (AvgIpc) is 3.81. The number of rotatable bonds is 13. The van der Waals surface area contributed by atoms with E-state index < -0.39 is 75.9 Å². The highest BCUT2D eigenvalue weighted by molar-refractivity contribution is 6.37. The van der Waals surface area contributed by atoms with Crippen LogP contribution in [0, 0.1) is 39.9 Å². The molecule has 266 valence electrons. The number of primary amides is 1. The van der Waals surface area contributed by atoms with E-state index >= 15 is 0 Å². The number of carbonyl (C=O) groups is 6. The topological polar surface area (TPSA) is 177 Å². The van der Waals surface area contributed by atoms with Crippen LogP contribution in [0.25, 0.3) is 0 Å². The summed E-state index contributed by atoms with van der Waals surface area (Å²) in [6, 6.07) is -4.72. The minimum absolute atomic E-state index is 0.120. The highest BCUT2D eigenvalue weighted by atomic mass is 16.5. The zero-order chi connectivity index (χ0) is 35.5. The number of fused-ring (bicyclic) bond motifs is 1. The molecule has 1 saturated heterocycles. The number of urea groups is 1. The fourth-order valence-electron chi connectivity index (χ4n) is 7.50. The molecule has 0 aromatic rings. The number of hydrogen-bond acceptors (Lipinski definition) is 7. The van der Waals surface area contributed by atoms with Gasteiger partial charge >= 0.3 is 12.0 Å². The molecule has 4 aliphatic carbocycles. The first-order valence-electron chi connectivity index (χ1n) is 17.6. The van der Waals surface area contributed by atoms with Gasteiger partial charge in [-0.25, -0.2) is 9.59 Å². The molecule has 4 fully saturated rings. The van der Waals surface area contributed by atoms with E-state index in [1.54, 1.807) is 0 Å². The minimum atomic E-state index is -1.11. The monoisotopic (exact) mass is 669 g/mol. The zero-order valence-corrected chi connectivity index (χ0v) is 29.8. The number of carbonyl (C=O) groups excluding carboxylic acids is 6. The van der Waals surface area contributed by atoms with Crippen LogP contribution in [0.4, 0.5) is 4.79 Å². The van der Waals surface area contributed by atoms with Crippen LogP contribution in [-0.4, -0.2) is 77.2 Å². The van der Waals surface area contributed by atoms with Crippen molar-refractivity contribution < 1.29 is 33.5 Å². The molecule has 3 saturated carbocycles. The largest absolute Gasteiger partial charge is 0.460 e. The number of likely N-dealkylation sites (tertiary alicyclic amines) is 1. The van der Waals surface area contributed by atoms with Crippen molar-refractivity contribution in [2.24, 2.45) is 45.7 Å². The second kappa shape index (κ2) is 12.8. The van der Waals surface area contributed by atoms with Gasteiger partial charge < -0.3 is 31.3 Å². The van der Waals surface area contributed by atoms with Gasteiger partial charge in [-0.15, -0.1) is 0 Å². The van der Waals surface area contributed by atoms with Gasteiger partial charge in [-0.2, -0.15) is 0 Å². The molecule has 48 heavy (non-hydrogen) atoms. The van der Waals surface area contributed by atoms with Crippen molar-refractivity contribution in [2.45, 2.75) is 131 Å². The summed E-state index contributed by atoms with van der Waals surface area (Å²) in [7, 11) is 0. The molecular formula is C36H55N5O7. The molecule has 0 bridgehead atoms. The van der Waals surface area contributed by atoms with Gasteiger partial charge in [0.25, 0.3) is 5.91 Å². The van der Waals surface area contributed by atoms with Crippen LogP contribution >= 0.6 is 0 Å². The number of nitrogens with zero attached hydrogens (tertiary/aromatic N) is 1. The molecule has 5 amide bonds. The molecule has 0 aromatic carbocycles. The number of allylic oxidation sites excluding steroid dienone is 1. The SMILES string of the molecule is CC(C)(C)[C@H](NC(=O)N[C@H](C(=O)N1CC2=CC(C)(C)[C@@H]2[C@H]1C(=O)NC(CC1CC1)C(=O)C(N)=O)C(C)(C)C)C(=O)OC(C1CC1)C1CC1. The third kappa shape index (κ3) is 7.88. The fraction of sp³-hybridized carbons (Fsp3) is 0.778. The van der Waals surface area contributed by atoms with Crippen LogP contribution in [-0.2, 0) is 28.7 Å². The Kier molecular flexibility index (Phi) is 9.55. The van der Waals surface area contributed by atoms with Crippen molar-refractivity contribution >= 4 is 35.5 Å². The van der Waals surface area contributed by atoms with Gasteiger partial charge in [-0.1, -0.05) is 74.3 Å². The van der Waals surface area contributed by atoms with Gasteiger partial charge in [0.2, 0.25) is 17.6 Å². The summed E-state index contributed by atoms with van der Waals surface area (Å²) < 4.78 is 6.01. The number of nitrogens with two attached hydrogens (primary N) is 1. The van der Waals surface area contributed by atoms with Gasteiger partial charge in [0.1, 0.15) is 24.2 Å². The molecule has 1 heterocycles. The number of ketones is 1. The molecule has 5 rings (SSSR count). The van der Waals surface area contributed by atoms with Gasteiger partial charge in [-0.05, 0) is 71.7 Å². The maximum Gasteiger partial charge on any atom is 0.329 e. The Morgan fingerprint density at radius 2 is 1.42 bits per heavy atom. The highest BCUT2D eigenvalue weighted by Gasteiger charge is 2.57. The van der Waals surface area contributed by atoms with E-state index in [1.165, 1.54) is 4.90 Å². The maximum atomic E-state index is 14.5. The van der Waals surface area contributed by atoms with Crippen LogP contribution < -0.4 is 21.7 Å². The normalized spacial score (nSPS) is 25.1. The van der Waals surface area contributed by atoms with Crippen LogP contribution in [0.15, 0.2) is 11.6 Å². The highest BCUT2D eigenvalue weighted by Crippen LogP contribution is 2.52. The molecular weight excluding hydrogens is 614 g/mol. The lowest BCUT2D eigenvalue weighted by molar-refractivity contribution is -0.156. The summed E-state index contributed by atoms with van der Waals surface area (Å²) in [5.74, 6) is -2.73. The standard InChI is InChI=1S/C36H55N5O7/c1-34(2,3)27(39-33(47)40-28(35(4,5)6)32(46)48-26(19-11-12-19)20-13-14-20)31(45)41-17-21-16-36(7,8)23(21)24(41)30(44)38-22(15-18-9-10-18)25(42)29(37)43/h16,18-20,22-24,26-28H,9-15,17H2,1-8H3,(H2,37,43)(H,38,44)(H2,39,40,47)/t22?,23-,24-,27+,28+/m0/s1. The van der Waals surface area contributed by atoms with Gasteiger partial charge in [0, 0.05) is 12.5 Å². The van der Waals surface area contributed by atoms with Gasteiger partial charge in [0.15, 0.2) is 0 Å². The third-order valence-corrected chi connectivity index (χ3v) is 10.6. The zero-order valence-electron chi connectivity index (χ0n) is 29.8. The summed E-state index contributed by atoms with van der Waals surface area (Å²) in [4.78, 5) is 81.6. The fourth-order valence-corrected chi connectivity index (χ4v) is 7.50. The van der Waals surface area contributed by atoms with Crippen LogP contribution in [0.5, 0.6) is 0 Å². The van der Waals surface area contributed by atoms with E-state index in [1.807, 2.05) is 61.5 Å². The Hall–Kier alpha value is -3.44. The maximum absolute atomic E-state index is 14.5. The van der Waals surface area contributed by atoms with E-state index in [0.717, 1.165) is 44.1 Å². The van der Waals surface area contributed by atoms with Gasteiger partial charge in [-0.3, -0.25) is 19.2 Å². The lowest BCUT2D eigenvalue weighted by atomic mass is 9.63. The van der Waals surface area contributed by atoms with E-state index in [2.05, 4.69) is 16.0 Å². The van der Waals surface area contributed by atoms with Crippen molar-refractivity contribution in [1.29, 1.82) is 0 Å². The Morgan fingerprint density at radius 1 is 0.875 bits per heavy atom. The summed E-state index contributed by atoms with van der Waals surface area (Å²) >= 11 is 0. The number of hydrogen-bond donors (Lipinski definition) is 4. The third-order valence-electron chi connectivity index (χ3n) is 10.6. The molecule has 12 heteroatoms. The number of esters is 1. The molecule has 5 aliphatic rings. The lowest BCUT2D eigenvalue weighted by Crippen LogP contribution is -2.62. The molecule has 1 aliphatic heterocycles. The smallest absolute Gasteiger partial charge is 0.329 e. The summed E-state index contributed by atoms with van der Waals surface area (Å²) in [6.45, 7) is 15.2. The van der Waals surface area contributed by atoms with Gasteiger partial charge in [0.05, 0.1) is 6.04 Å². The van der Waals surface area contributed by atoms with Crippen LogP contribution in [0.3, 0.4) is 0 Å². The Balaban J connectivity index is 1.33. The Morgan fingerprint density at radius 3 is 1.88 bits per heavy atom. The van der Waals surface area contributed by atoms with Crippen LogP contribution in [0.2, 0.25) is 0 Å². The molecule has 5 N–H and O–H groups in total. The summed E-state index contributed by atoms with van der Waals surface area (Å²) in [6.07, 6.45) is 8.24. The van der Waals surface area contributed by atoms with Crippen molar-refractivity contribution in [3.05, 3.63) is 11.6 Å². The van der Waals surface area contributed by atoms with Crippen molar-refractivity contribution in [3.63, 3.8) is 0 Å². The molecule has 0 spiro atoms. The second-order valence-electron chi connectivity index (χ2n) is 17.7. The Labute approximate surface area is 284 Å². The lowest BCUT2D eigenvalue weighted by Gasteiger charge is -2.42. The Bertz CT molecular complexity index is 1370. The van der Waals surface area contributed by atoms with Crippen molar-refractivity contribution in [1.82, 2.24) is 20.9 Å². The van der Waals surface area contributed by atoms with E-state index in [-0.39, 0.29) is 24.5 Å². The van der Waals surface area contributed by atoms with E-state index in [9.17, 15) is 28.8 Å². The number of Topliss-reactive ketones (excluding diaryl/α,β-unsaturated/α-hetero) is 1. The first-order valence-corrected chi connectivity index (χ1v) is 17.6. The average molecular weight is 670 g/mol. The molecule has 1 unspecified atom stereocenters.